The second-order valence-electron chi connectivity index (χ2n) is 5.29. The molecule has 1 aromatic rings. The first kappa shape index (κ1) is 17.1. The van der Waals surface area contributed by atoms with Crippen LogP contribution >= 0.6 is 15.9 Å². The average molecular weight is 345 g/mol. The Morgan fingerprint density at radius 2 is 2.10 bits per heavy atom. The van der Waals surface area contributed by atoms with Crippen molar-refractivity contribution < 1.29 is 9.18 Å². The number of nitrogens with two attached hydrogens (primary N) is 1. The van der Waals surface area contributed by atoms with Crippen LogP contribution in [0, 0.1) is 17.7 Å². The summed E-state index contributed by atoms with van der Waals surface area (Å²) < 4.78 is 14.2. The molecule has 0 saturated heterocycles. The van der Waals surface area contributed by atoms with Gasteiger partial charge in [0.05, 0.1) is 5.69 Å². The van der Waals surface area contributed by atoms with E-state index in [2.05, 4.69) is 35.1 Å². The van der Waals surface area contributed by atoms with Crippen molar-refractivity contribution in [3.8, 4) is 0 Å². The molecule has 0 aromatic heterocycles. The Bertz CT molecular complexity index is 451. The van der Waals surface area contributed by atoms with Crippen molar-refractivity contribution in [3.05, 3.63) is 28.5 Å². The predicted octanol–water partition coefficient (Wildman–Crippen LogP) is 3.93. The quantitative estimate of drug-likeness (QED) is 0.787. The Morgan fingerprint density at radius 1 is 1.40 bits per heavy atom. The molecule has 1 atom stereocenters. The molecule has 1 aromatic carbocycles. The van der Waals surface area contributed by atoms with Gasteiger partial charge < -0.3 is 11.1 Å². The molecule has 0 fully saturated rings. The van der Waals surface area contributed by atoms with Crippen LogP contribution in [0.3, 0.4) is 0 Å². The first-order valence-corrected chi connectivity index (χ1v) is 7.68. The number of carbonyl (C=O) groups is 1. The molecule has 0 aliphatic carbocycles. The highest BCUT2D eigenvalue weighted by atomic mass is 79.9. The van der Waals surface area contributed by atoms with Crippen molar-refractivity contribution in [2.75, 3.05) is 11.9 Å². The molecule has 1 rings (SSSR count). The van der Waals surface area contributed by atoms with Crippen LogP contribution in [0.1, 0.15) is 33.1 Å². The number of amides is 1. The fourth-order valence-electron chi connectivity index (χ4n) is 2.15. The van der Waals surface area contributed by atoms with Crippen LogP contribution in [0.2, 0.25) is 0 Å². The van der Waals surface area contributed by atoms with Gasteiger partial charge in [0, 0.05) is 10.9 Å². The number of anilines is 1. The summed E-state index contributed by atoms with van der Waals surface area (Å²) in [5, 5.41) is 2.61. The smallest absolute Gasteiger partial charge is 0.224 e. The predicted molar refractivity (Wildman–Crippen MR) is 84.0 cm³/mol. The van der Waals surface area contributed by atoms with E-state index in [0.717, 1.165) is 12.8 Å². The van der Waals surface area contributed by atoms with Crippen LogP contribution < -0.4 is 11.1 Å². The molecule has 3 nitrogen and oxygen atoms in total. The second kappa shape index (κ2) is 8.37. The van der Waals surface area contributed by atoms with E-state index in [1.807, 2.05) is 0 Å². The Balaban J connectivity index is 2.51. The lowest BCUT2D eigenvalue weighted by atomic mass is 9.88. The molecule has 3 N–H and O–H groups in total. The minimum atomic E-state index is -0.435. The summed E-state index contributed by atoms with van der Waals surface area (Å²) in [4.78, 5) is 11.9. The number of hydrogen-bond donors (Lipinski definition) is 2. The Labute approximate surface area is 128 Å². The topological polar surface area (TPSA) is 55.1 Å². The third kappa shape index (κ3) is 5.59. The van der Waals surface area contributed by atoms with E-state index in [9.17, 15) is 9.18 Å². The SMILES string of the molecule is CC(C)C(CCN)CCC(=O)Nc1ccc(Br)cc1F. The van der Waals surface area contributed by atoms with Gasteiger partial charge in [-0.1, -0.05) is 29.8 Å². The molecule has 0 aliphatic rings. The van der Waals surface area contributed by atoms with Gasteiger partial charge in [-0.25, -0.2) is 4.39 Å². The zero-order valence-corrected chi connectivity index (χ0v) is 13.5. The van der Waals surface area contributed by atoms with E-state index >= 15 is 0 Å². The number of benzene rings is 1. The minimum Gasteiger partial charge on any atom is -0.330 e. The molecule has 0 spiro atoms. The monoisotopic (exact) mass is 344 g/mol. The van der Waals surface area contributed by atoms with Gasteiger partial charge in [0.15, 0.2) is 0 Å². The van der Waals surface area contributed by atoms with Crippen molar-refractivity contribution in [2.45, 2.75) is 33.1 Å². The third-order valence-electron chi connectivity index (χ3n) is 3.43. The Hall–Kier alpha value is -0.940. The van der Waals surface area contributed by atoms with Crippen LogP contribution in [-0.4, -0.2) is 12.5 Å². The third-order valence-corrected chi connectivity index (χ3v) is 3.92. The fourth-order valence-corrected chi connectivity index (χ4v) is 2.48. The molecular weight excluding hydrogens is 323 g/mol. The maximum absolute atomic E-state index is 13.6. The maximum atomic E-state index is 13.6. The van der Waals surface area contributed by atoms with Crippen LogP contribution in [-0.2, 0) is 4.79 Å². The van der Waals surface area contributed by atoms with Crippen molar-refractivity contribution >= 4 is 27.5 Å². The molecular formula is C15H22BrFN2O. The highest BCUT2D eigenvalue weighted by Gasteiger charge is 2.15. The zero-order valence-electron chi connectivity index (χ0n) is 12.0. The highest BCUT2D eigenvalue weighted by Crippen LogP contribution is 2.22. The van der Waals surface area contributed by atoms with Gasteiger partial charge >= 0.3 is 0 Å². The summed E-state index contributed by atoms with van der Waals surface area (Å²) in [6.07, 6.45) is 2.08. The second-order valence-corrected chi connectivity index (χ2v) is 6.21. The lowest BCUT2D eigenvalue weighted by Crippen LogP contribution is -2.18. The van der Waals surface area contributed by atoms with E-state index in [1.165, 1.54) is 6.07 Å². The van der Waals surface area contributed by atoms with Gasteiger partial charge in [-0.3, -0.25) is 4.79 Å². The molecule has 5 heteroatoms. The van der Waals surface area contributed by atoms with Gasteiger partial charge in [-0.05, 0) is 49.4 Å². The first-order valence-electron chi connectivity index (χ1n) is 6.89. The summed E-state index contributed by atoms with van der Waals surface area (Å²) in [5.74, 6) is 0.334. The first-order chi connectivity index (χ1) is 9.43. The van der Waals surface area contributed by atoms with E-state index in [0.29, 0.717) is 29.3 Å². The molecule has 0 aliphatic heterocycles. The number of carbonyl (C=O) groups excluding carboxylic acids is 1. The van der Waals surface area contributed by atoms with Crippen molar-refractivity contribution in [2.24, 2.45) is 17.6 Å². The number of halogens is 2. The van der Waals surface area contributed by atoms with E-state index < -0.39 is 5.82 Å². The highest BCUT2D eigenvalue weighted by molar-refractivity contribution is 9.10. The van der Waals surface area contributed by atoms with Crippen LogP contribution in [0.5, 0.6) is 0 Å². The van der Waals surface area contributed by atoms with Gasteiger partial charge in [-0.15, -0.1) is 0 Å². The fraction of sp³-hybridized carbons (Fsp3) is 0.533. The van der Waals surface area contributed by atoms with Gasteiger partial charge in [0.2, 0.25) is 5.91 Å². The van der Waals surface area contributed by atoms with E-state index in [-0.39, 0.29) is 11.6 Å². The molecule has 20 heavy (non-hydrogen) atoms. The van der Waals surface area contributed by atoms with Crippen LogP contribution in [0.25, 0.3) is 0 Å². The largest absolute Gasteiger partial charge is 0.330 e. The molecule has 1 amide bonds. The number of hydrogen-bond acceptors (Lipinski definition) is 2. The normalized spacial score (nSPS) is 12.5. The van der Waals surface area contributed by atoms with Gasteiger partial charge in [0.25, 0.3) is 0 Å². The summed E-state index contributed by atoms with van der Waals surface area (Å²) in [6, 6.07) is 4.59. The summed E-state index contributed by atoms with van der Waals surface area (Å²) in [5.41, 5.74) is 5.80. The Morgan fingerprint density at radius 3 is 2.65 bits per heavy atom. The number of rotatable bonds is 7. The molecule has 0 heterocycles. The van der Waals surface area contributed by atoms with Crippen molar-refractivity contribution in [3.63, 3.8) is 0 Å². The summed E-state index contributed by atoms with van der Waals surface area (Å²) >= 11 is 3.18. The molecule has 0 saturated carbocycles. The lowest BCUT2D eigenvalue weighted by Gasteiger charge is -2.19. The molecule has 112 valence electrons. The Kier molecular flexibility index (Phi) is 7.16. The van der Waals surface area contributed by atoms with Crippen molar-refractivity contribution in [1.29, 1.82) is 0 Å². The maximum Gasteiger partial charge on any atom is 0.224 e. The zero-order chi connectivity index (χ0) is 15.1. The molecule has 0 bridgehead atoms. The van der Waals surface area contributed by atoms with Crippen molar-refractivity contribution in [1.82, 2.24) is 0 Å². The summed E-state index contributed by atoms with van der Waals surface area (Å²) in [7, 11) is 0. The van der Waals surface area contributed by atoms with Gasteiger partial charge in [0.1, 0.15) is 5.82 Å². The van der Waals surface area contributed by atoms with Gasteiger partial charge in [-0.2, -0.15) is 0 Å². The van der Waals surface area contributed by atoms with Crippen LogP contribution in [0.4, 0.5) is 10.1 Å². The lowest BCUT2D eigenvalue weighted by molar-refractivity contribution is -0.116. The van der Waals surface area contributed by atoms with Crippen LogP contribution in [0.15, 0.2) is 22.7 Å². The minimum absolute atomic E-state index is 0.158. The van der Waals surface area contributed by atoms with E-state index in [1.54, 1.807) is 12.1 Å². The van der Waals surface area contributed by atoms with E-state index in [4.69, 9.17) is 5.73 Å². The summed E-state index contributed by atoms with van der Waals surface area (Å²) in [6.45, 7) is 4.89. The molecule has 0 radical (unpaired) electrons. The average Bonchev–Trinajstić information content (AvgIpc) is 2.37. The number of nitrogens with one attached hydrogen (secondary N) is 1. The standard InChI is InChI=1S/C15H22BrFN2O/c1-10(2)11(7-8-18)3-6-15(20)19-14-5-4-12(16)9-13(14)17/h4-5,9-11H,3,6-8,18H2,1-2H3,(H,19,20). The molecule has 1 unspecified atom stereocenters.